The molecule has 0 fully saturated rings. The predicted octanol–water partition coefficient (Wildman–Crippen LogP) is 4.68. The molecule has 0 aromatic rings. The molecule has 0 aromatic heterocycles. The van der Waals surface area contributed by atoms with Gasteiger partial charge in [0.25, 0.3) is 0 Å². The maximum Gasteiger partial charge on any atom is 0.317 e. The quantitative estimate of drug-likeness (QED) is 0.219. The van der Waals surface area contributed by atoms with Gasteiger partial charge in [-0.2, -0.15) is 10.5 Å². The fraction of sp³-hybridized carbons (Fsp3) is 0.810. The lowest BCUT2D eigenvalue weighted by Crippen LogP contribution is -2.19. The molecule has 0 heterocycles. The Bertz CT molecular complexity index is 449. The molecule has 0 aliphatic carbocycles. The van der Waals surface area contributed by atoms with Crippen molar-refractivity contribution in [2.45, 2.75) is 84.5 Å². The van der Waals surface area contributed by atoms with Crippen molar-refractivity contribution in [2.75, 3.05) is 13.2 Å². The first kappa shape index (κ1) is 24.9. The largest absolute Gasteiger partial charge is 0.464 e. The second-order valence-electron chi connectivity index (χ2n) is 6.89. The smallest absolute Gasteiger partial charge is 0.317 e. The Labute approximate surface area is 163 Å². The van der Waals surface area contributed by atoms with Gasteiger partial charge in [-0.1, -0.05) is 65.2 Å². The summed E-state index contributed by atoms with van der Waals surface area (Å²) in [6.07, 6.45) is 9.39. The highest BCUT2D eigenvalue weighted by atomic mass is 16.6. The van der Waals surface area contributed by atoms with E-state index in [0.717, 1.165) is 51.4 Å². The minimum Gasteiger partial charge on any atom is -0.464 e. The Kier molecular flexibility index (Phi) is 16.0. The summed E-state index contributed by atoms with van der Waals surface area (Å²) in [4.78, 5) is 23.4. The molecule has 6 nitrogen and oxygen atoms in total. The first-order valence-corrected chi connectivity index (χ1v) is 10.2. The molecule has 0 aliphatic heterocycles. The van der Waals surface area contributed by atoms with Crippen molar-refractivity contribution in [1.29, 1.82) is 10.5 Å². The topological polar surface area (TPSA) is 100 Å². The summed E-state index contributed by atoms with van der Waals surface area (Å²) in [5, 5.41) is 18.2. The molecule has 2 atom stereocenters. The van der Waals surface area contributed by atoms with Gasteiger partial charge in [0.15, 0.2) is 0 Å². The highest BCUT2D eigenvalue weighted by molar-refractivity contribution is 5.91. The van der Waals surface area contributed by atoms with E-state index in [4.69, 9.17) is 20.0 Å². The van der Waals surface area contributed by atoms with Crippen molar-refractivity contribution in [2.24, 2.45) is 11.8 Å². The molecule has 0 radical (unpaired) electrons. The van der Waals surface area contributed by atoms with Crippen molar-refractivity contribution >= 4 is 11.9 Å². The van der Waals surface area contributed by atoms with Gasteiger partial charge in [0.05, 0.1) is 24.0 Å². The zero-order valence-electron chi connectivity index (χ0n) is 16.9. The Hall–Kier alpha value is -2.08. The van der Waals surface area contributed by atoms with Crippen LogP contribution in [0.5, 0.6) is 0 Å². The highest BCUT2D eigenvalue weighted by Crippen LogP contribution is 2.12. The number of carbonyl (C=O) groups is 2. The Morgan fingerprint density at radius 3 is 1.48 bits per heavy atom. The van der Waals surface area contributed by atoms with Crippen LogP contribution in [0.3, 0.4) is 0 Å². The lowest BCUT2D eigenvalue weighted by atomic mass is 10.0. The van der Waals surface area contributed by atoms with E-state index in [0.29, 0.717) is 12.8 Å². The van der Waals surface area contributed by atoms with Gasteiger partial charge in [-0.15, -0.1) is 0 Å². The molecule has 0 aliphatic rings. The molecule has 0 bridgehead atoms. The summed E-state index contributed by atoms with van der Waals surface area (Å²) < 4.78 is 10.0. The Morgan fingerprint density at radius 1 is 0.741 bits per heavy atom. The lowest BCUT2D eigenvalue weighted by Gasteiger charge is -2.11. The first-order valence-electron chi connectivity index (χ1n) is 10.2. The van der Waals surface area contributed by atoms with E-state index >= 15 is 0 Å². The molecule has 0 saturated carbocycles. The van der Waals surface area contributed by atoms with E-state index in [1.165, 1.54) is 0 Å². The second-order valence-corrected chi connectivity index (χ2v) is 6.89. The average Bonchev–Trinajstić information content (AvgIpc) is 2.66. The Balaban J connectivity index is 3.97. The fourth-order valence-electron chi connectivity index (χ4n) is 2.61. The predicted molar refractivity (Wildman–Crippen MR) is 102 cm³/mol. The van der Waals surface area contributed by atoms with E-state index in [-0.39, 0.29) is 25.0 Å². The molecule has 0 N–H and O–H groups in total. The number of rotatable bonds is 16. The summed E-state index contributed by atoms with van der Waals surface area (Å²) in [6.45, 7) is 4.25. The van der Waals surface area contributed by atoms with Crippen molar-refractivity contribution in [1.82, 2.24) is 0 Å². The SMILES string of the molecule is CCCCCCC(C#N)COC(=O)CC(=O)OCC(C#N)CCCCCC. The summed E-state index contributed by atoms with van der Waals surface area (Å²) in [5.41, 5.74) is 0. The van der Waals surface area contributed by atoms with Crippen LogP contribution in [0.25, 0.3) is 0 Å². The number of nitriles is 2. The van der Waals surface area contributed by atoms with Crippen molar-refractivity contribution < 1.29 is 19.1 Å². The van der Waals surface area contributed by atoms with E-state index in [1.54, 1.807) is 0 Å². The van der Waals surface area contributed by atoms with Crippen molar-refractivity contribution in [3.63, 3.8) is 0 Å². The van der Waals surface area contributed by atoms with Crippen LogP contribution in [0.4, 0.5) is 0 Å². The zero-order valence-corrected chi connectivity index (χ0v) is 16.9. The van der Waals surface area contributed by atoms with Gasteiger partial charge in [0, 0.05) is 0 Å². The average molecular weight is 379 g/mol. The van der Waals surface area contributed by atoms with Crippen LogP contribution >= 0.6 is 0 Å². The minimum atomic E-state index is -0.690. The molecule has 27 heavy (non-hydrogen) atoms. The zero-order chi connectivity index (χ0) is 20.3. The Morgan fingerprint density at radius 2 is 1.15 bits per heavy atom. The standard InChI is InChI=1S/C21H34N2O4/c1-3-5-7-9-11-18(14-22)16-26-20(24)13-21(25)27-17-19(15-23)12-10-8-6-4-2/h18-19H,3-13,16-17H2,1-2H3. The molecule has 0 saturated heterocycles. The van der Waals surface area contributed by atoms with E-state index in [2.05, 4.69) is 26.0 Å². The van der Waals surface area contributed by atoms with Crippen LogP contribution in [0, 0.1) is 34.5 Å². The third-order valence-electron chi connectivity index (χ3n) is 4.36. The summed E-state index contributed by atoms with van der Waals surface area (Å²) in [6, 6.07) is 4.27. The monoisotopic (exact) mass is 378 g/mol. The second kappa shape index (κ2) is 17.3. The molecular weight excluding hydrogens is 344 g/mol. The number of hydrogen-bond donors (Lipinski definition) is 0. The maximum absolute atomic E-state index is 11.7. The van der Waals surface area contributed by atoms with Gasteiger partial charge in [-0.05, 0) is 12.8 Å². The molecule has 0 aromatic carbocycles. The van der Waals surface area contributed by atoms with Gasteiger partial charge < -0.3 is 9.47 Å². The van der Waals surface area contributed by atoms with Crippen LogP contribution < -0.4 is 0 Å². The minimum absolute atomic E-state index is 0.00693. The van der Waals surface area contributed by atoms with Crippen LogP contribution in [0.1, 0.15) is 84.5 Å². The van der Waals surface area contributed by atoms with E-state index in [9.17, 15) is 9.59 Å². The maximum atomic E-state index is 11.7. The number of hydrogen-bond acceptors (Lipinski definition) is 6. The van der Waals surface area contributed by atoms with Gasteiger partial charge in [0.1, 0.15) is 19.6 Å². The third kappa shape index (κ3) is 14.7. The van der Waals surface area contributed by atoms with Gasteiger partial charge in [-0.25, -0.2) is 0 Å². The third-order valence-corrected chi connectivity index (χ3v) is 4.36. The number of ether oxygens (including phenoxy) is 2. The van der Waals surface area contributed by atoms with Gasteiger partial charge >= 0.3 is 11.9 Å². The number of carbonyl (C=O) groups excluding carboxylic acids is 2. The molecular formula is C21H34N2O4. The highest BCUT2D eigenvalue weighted by Gasteiger charge is 2.17. The van der Waals surface area contributed by atoms with Gasteiger partial charge in [0.2, 0.25) is 0 Å². The first-order chi connectivity index (χ1) is 13.1. The van der Waals surface area contributed by atoms with Crippen LogP contribution in [0.2, 0.25) is 0 Å². The van der Waals surface area contributed by atoms with Crippen molar-refractivity contribution in [3.05, 3.63) is 0 Å². The summed E-state index contributed by atoms with van der Waals surface area (Å²) in [7, 11) is 0. The van der Waals surface area contributed by atoms with Crippen LogP contribution in [-0.2, 0) is 19.1 Å². The summed E-state index contributed by atoms with van der Waals surface area (Å²) >= 11 is 0. The molecule has 0 rings (SSSR count). The fourth-order valence-corrected chi connectivity index (χ4v) is 2.61. The molecule has 152 valence electrons. The lowest BCUT2D eigenvalue weighted by molar-refractivity contribution is -0.155. The van der Waals surface area contributed by atoms with E-state index < -0.39 is 18.4 Å². The molecule has 0 amide bonds. The summed E-state index contributed by atoms with van der Waals surface area (Å²) in [5.74, 6) is -2.06. The van der Waals surface area contributed by atoms with Crippen molar-refractivity contribution in [3.8, 4) is 12.1 Å². The molecule has 2 unspecified atom stereocenters. The van der Waals surface area contributed by atoms with E-state index in [1.807, 2.05) is 0 Å². The molecule has 0 spiro atoms. The molecule has 6 heteroatoms. The van der Waals surface area contributed by atoms with Crippen LogP contribution in [-0.4, -0.2) is 25.2 Å². The number of nitrogens with zero attached hydrogens (tertiary/aromatic N) is 2. The van der Waals surface area contributed by atoms with Crippen LogP contribution in [0.15, 0.2) is 0 Å². The number of unbranched alkanes of at least 4 members (excludes halogenated alkanes) is 6. The van der Waals surface area contributed by atoms with Gasteiger partial charge in [-0.3, -0.25) is 9.59 Å². The normalized spacial score (nSPS) is 12.4. The number of esters is 2.